The number of hydrogen-bond acceptors (Lipinski definition) is 2. The third-order valence-corrected chi connectivity index (χ3v) is 2.09. The number of aliphatic hydroxyl groups excluding tert-OH is 1. The normalized spacial score (nSPS) is 16.0. The van der Waals surface area contributed by atoms with Crippen molar-refractivity contribution in [3.63, 3.8) is 0 Å². The van der Waals surface area contributed by atoms with Crippen LogP contribution in [-0.4, -0.2) is 24.3 Å². The van der Waals surface area contributed by atoms with Crippen LogP contribution in [0.25, 0.3) is 0 Å². The third-order valence-electron chi connectivity index (χ3n) is 2.09. The van der Waals surface area contributed by atoms with Crippen molar-refractivity contribution in [1.29, 1.82) is 0 Å². The van der Waals surface area contributed by atoms with E-state index in [1.165, 1.54) is 12.8 Å². The van der Waals surface area contributed by atoms with Gasteiger partial charge in [0.15, 0.2) is 0 Å². The van der Waals surface area contributed by atoms with Crippen LogP contribution in [0.15, 0.2) is 0 Å². The van der Waals surface area contributed by atoms with Crippen molar-refractivity contribution in [2.75, 3.05) is 13.1 Å². The molecule has 0 amide bonds. The lowest BCUT2D eigenvalue weighted by atomic mass is 9.99. The molecule has 0 aromatic heterocycles. The molecule has 2 unspecified atom stereocenters. The van der Waals surface area contributed by atoms with Crippen molar-refractivity contribution in [2.24, 2.45) is 5.92 Å². The van der Waals surface area contributed by atoms with E-state index in [1.807, 2.05) is 0 Å². The Morgan fingerprint density at radius 2 is 2.00 bits per heavy atom. The molecule has 0 aliphatic carbocycles. The Hall–Kier alpha value is -0.0800. The number of likely N-dealkylation sites (N-methyl/N-ethyl adjacent to an activating group) is 1. The van der Waals surface area contributed by atoms with Gasteiger partial charge in [0.1, 0.15) is 0 Å². The fraction of sp³-hybridized carbons (Fsp3) is 1.00. The minimum atomic E-state index is -0.161. The van der Waals surface area contributed by atoms with Crippen molar-refractivity contribution >= 4 is 0 Å². The molecule has 0 fully saturated rings. The molecule has 12 heavy (non-hydrogen) atoms. The van der Waals surface area contributed by atoms with Gasteiger partial charge in [-0.05, 0) is 18.9 Å². The lowest BCUT2D eigenvalue weighted by Gasteiger charge is -2.15. The molecule has 74 valence electrons. The van der Waals surface area contributed by atoms with Crippen molar-refractivity contribution in [2.45, 2.75) is 46.1 Å². The number of nitrogens with one attached hydrogen (secondary N) is 1. The molecule has 0 spiro atoms. The highest BCUT2D eigenvalue weighted by Gasteiger charge is 2.08. The smallest absolute Gasteiger partial charge is 0.0667 e. The SMILES string of the molecule is CCCC(C)CC(O)CNCC. The van der Waals surface area contributed by atoms with Crippen molar-refractivity contribution in [3.05, 3.63) is 0 Å². The molecular weight excluding hydrogens is 150 g/mol. The summed E-state index contributed by atoms with van der Waals surface area (Å²) in [5, 5.41) is 12.7. The van der Waals surface area contributed by atoms with Crippen LogP contribution in [0.5, 0.6) is 0 Å². The van der Waals surface area contributed by atoms with Gasteiger partial charge in [0.05, 0.1) is 6.10 Å². The van der Waals surface area contributed by atoms with Gasteiger partial charge in [0.25, 0.3) is 0 Å². The second-order valence-corrected chi connectivity index (χ2v) is 3.59. The molecule has 0 saturated heterocycles. The molecule has 0 bridgehead atoms. The molecule has 2 atom stereocenters. The van der Waals surface area contributed by atoms with Gasteiger partial charge in [0.2, 0.25) is 0 Å². The number of aliphatic hydroxyl groups is 1. The topological polar surface area (TPSA) is 32.3 Å². The van der Waals surface area contributed by atoms with E-state index in [4.69, 9.17) is 0 Å². The predicted molar refractivity (Wildman–Crippen MR) is 53.2 cm³/mol. The Balaban J connectivity index is 3.33. The van der Waals surface area contributed by atoms with Gasteiger partial charge < -0.3 is 10.4 Å². The minimum Gasteiger partial charge on any atom is -0.392 e. The summed E-state index contributed by atoms with van der Waals surface area (Å²) in [6.45, 7) is 8.14. The Labute approximate surface area is 76.4 Å². The Morgan fingerprint density at radius 3 is 2.50 bits per heavy atom. The summed E-state index contributed by atoms with van der Waals surface area (Å²) in [4.78, 5) is 0. The molecule has 0 rings (SSSR count). The zero-order valence-electron chi connectivity index (χ0n) is 8.64. The average molecular weight is 173 g/mol. The first kappa shape index (κ1) is 11.9. The molecule has 0 radical (unpaired) electrons. The maximum absolute atomic E-state index is 9.51. The van der Waals surface area contributed by atoms with Crippen LogP contribution in [0, 0.1) is 5.92 Å². The second-order valence-electron chi connectivity index (χ2n) is 3.59. The molecular formula is C10H23NO. The monoisotopic (exact) mass is 173 g/mol. The first-order valence-corrected chi connectivity index (χ1v) is 5.09. The summed E-state index contributed by atoms with van der Waals surface area (Å²) < 4.78 is 0. The van der Waals surface area contributed by atoms with Gasteiger partial charge >= 0.3 is 0 Å². The van der Waals surface area contributed by atoms with E-state index in [1.54, 1.807) is 0 Å². The predicted octanol–water partition coefficient (Wildman–Crippen LogP) is 1.78. The van der Waals surface area contributed by atoms with Gasteiger partial charge in [-0.15, -0.1) is 0 Å². The maximum Gasteiger partial charge on any atom is 0.0667 e. The number of rotatable bonds is 7. The van der Waals surface area contributed by atoms with E-state index in [-0.39, 0.29) is 6.10 Å². The standard InChI is InChI=1S/C10H23NO/c1-4-6-9(3)7-10(12)8-11-5-2/h9-12H,4-8H2,1-3H3. The second kappa shape index (κ2) is 7.56. The molecule has 2 nitrogen and oxygen atoms in total. The summed E-state index contributed by atoms with van der Waals surface area (Å²) in [5.41, 5.74) is 0. The highest BCUT2D eigenvalue weighted by Crippen LogP contribution is 2.11. The van der Waals surface area contributed by atoms with Crippen molar-refractivity contribution < 1.29 is 5.11 Å². The summed E-state index contributed by atoms with van der Waals surface area (Å²) in [5.74, 6) is 0.656. The fourth-order valence-electron chi connectivity index (χ4n) is 1.47. The molecule has 0 aliphatic rings. The van der Waals surface area contributed by atoms with Crippen LogP contribution in [0.4, 0.5) is 0 Å². The van der Waals surface area contributed by atoms with E-state index >= 15 is 0 Å². The zero-order valence-corrected chi connectivity index (χ0v) is 8.64. The number of hydrogen-bond donors (Lipinski definition) is 2. The molecule has 2 heteroatoms. The summed E-state index contributed by atoms with van der Waals surface area (Å²) >= 11 is 0. The van der Waals surface area contributed by atoms with E-state index < -0.39 is 0 Å². The molecule has 0 heterocycles. The van der Waals surface area contributed by atoms with Gasteiger partial charge in [-0.3, -0.25) is 0 Å². The van der Waals surface area contributed by atoms with Crippen LogP contribution in [0.2, 0.25) is 0 Å². The first-order chi connectivity index (χ1) is 5.70. The minimum absolute atomic E-state index is 0.161. The average Bonchev–Trinajstić information content (AvgIpc) is 2.01. The van der Waals surface area contributed by atoms with Crippen LogP contribution in [0.1, 0.15) is 40.0 Å². The molecule has 0 aromatic carbocycles. The Morgan fingerprint density at radius 1 is 1.33 bits per heavy atom. The van der Waals surface area contributed by atoms with Crippen LogP contribution < -0.4 is 5.32 Å². The molecule has 2 N–H and O–H groups in total. The highest BCUT2D eigenvalue weighted by atomic mass is 16.3. The largest absolute Gasteiger partial charge is 0.392 e. The quantitative estimate of drug-likeness (QED) is 0.615. The zero-order chi connectivity index (χ0) is 9.40. The fourth-order valence-corrected chi connectivity index (χ4v) is 1.47. The summed E-state index contributed by atoms with van der Waals surface area (Å²) in [7, 11) is 0. The Kier molecular flexibility index (Phi) is 7.51. The van der Waals surface area contributed by atoms with Gasteiger partial charge in [0, 0.05) is 6.54 Å². The highest BCUT2D eigenvalue weighted by molar-refractivity contribution is 4.63. The lowest BCUT2D eigenvalue weighted by Crippen LogP contribution is -2.27. The van der Waals surface area contributed by atoms with Gasteiger partial charge in [-0.1, -0.05) is 33.6 Å². The lowest BCUT2D eigenvalue weighted by molar-refractivity contribution is 0.141. The van der Waals surface area contributed by atoms with E-state index in [0.29, 0.717) is 5.92 Å². The first-order valence-electron chi connectivity index (χ1n) is 5.09. The Bertz CT molecular complexity index is 95.8. The van der Waals surface area contributed by atoms with Crippen LogP contribution in [0.3, 0.4) is 0 Å². The van der Waals surface area contributed by atoms with E-state index in [9.17, 15) is 5.11 Å². The van der Waals surface area contributed by atoms with Gasteiger partial charge in [-0.25, -0.2) is 0 Å². The summed E-state index contributed by atoms with van der Waals surface area (Å²) in [6, 6.07) is 0. The van der Waals surface area contributed by atoms with Crippen LogP contribution >= 0.6 is 0 Å². The van der Waals surface area contributed by atoms with Crippen molar-refractivity contribution in [1.82, 2.24) is 5.32 Å². The molecule has 0 aliphatic heterocycles. The van der Waals surface area contributed by atoms with E-state index in [2.05, 4.69) is 26.1 Å². The van der Waals surface area contributed by atoms with Crippen LogP contribution in [-0.2, 0) is 0 Å². The molecule has 0 aromatic rings. The van der Waals surface area contributed by atoms with E-state index in [0.717, 1.165) is 19.5 Å². The third kappa shape index (κ3) is 6.62. The van der Waals surface area contributed by atoms with Crippen molar-refractivity contribution in [3.8, 4) is 0 Å². The molecule has 0 saturated carbocycles. The maximum atomic E-state index is 9.51. The van der Waals surface area contributed by atoms with Gasteiger partial charge in [-0.2, -0.15) is 0 Å². The summed E-state index contributed by atoms with van der Waals surface area (Å²) in [6.07, 6.45) is 3.21.